The maximum atomic E-state index is 13.8. The summed E-state index contributed by atoms with van der Waals surface area (Å²) in [5.74, 6) is -2.32. The van der Waals surface area contributed by atoms with Crippen molar-refractivity contribution in [2.24, 2.45) is 0 Å². The first-order valence-corrected chi connectivity index (χ1v) is 6.37. The smallest absolute Gasteiger partial charge is 0.412 e. The molecule has 1 aromatic carbocycles. The van der Waals surface area contributed by atoms with E-state index in [1.807, 2.05) is 0 Å². The second-order valence-electron chi connectivity index (χ2n) is 5.56. The normalized spacial score (nSPS) is 11.3. The molecule has 0 unspecified atom stereocenters. The van der Waals surface area contributed by atoms with Crippen LogP contribution in [-0.2, 0) is 4.74 Å². The number of halogens is 2. The van der Waals surface area contributed by atoms with Crippen LogP contribution in [0.4, 0.5) is 25.1 Å². The molecule has 0 fully saturated rings. The van der Waals surface area contributed by atoms with Crippen molar-refractivity contribution in [2.75, 3.05) is 11.1 Å². The summed E-state index contributed by atoms with van der Waals surface area (Å²) in [5, 5.41) is 5.76. The molecule has 22 heavy (non-hydrogen) atoms. The van der Waals surface area contributed by atoms with Gasteiger partial charge in [-0.3, -0.25) is 5.32 Å². The highest BCUT2D eigenvalue weighted by Crippen LogP contribution is 2.28. The Balaban J connectivity index is 2.31. The summed E-state index contributed by atoms with van der Waals surface area (Å²) in [4.78, 5) is 11.7. The number of aromatic nitrogens is 1. The van der Waals surface area contributed by atoms with E-state index in [0.29, 0.717) is 0 Å². The van der Waals surface area contributed by atoms with Crippen molar-refractivity contribution >= 4 is 17.7 Å². The minimum absolute atomic E-state index is 0.0291. The number of nitrogens with zero attached hydrogens (tertiary/aromatic N) is 1. The number of nitrogens with two attached hydrogens (primary N) is 1. The average molecular weight is 311 g/mol. The minimum atomic E-state index is -1.20. The number of rotatable bonds is 2. The van der Waals surface area contributed by atoms with Crippen LogP contribution < -0.4 is 11.1 Å². The zero-order valence-corrected chi connectivity index (χ0v) is 12.2. The summed E-state index contributed by atoms with van der Waals surface area (Å²) in [6, 6.07) is 3.48. The molecule has 1 heterocycles. The molecule has 0 spiro atoms. The van der Waals surface area contributed by atoms with Crippen molar-refractivity contribution in [2.45, 2.75) is 26.4 Å². The fourth-order valence-electron chi connectivity index (χ4n) is 1.67. The van der Waals surface area contributed by atoms with E-state index in [-0.39, 0.29) is 22.8 Å². The number of benzene rings is 1. The van der Waals surface area contributed by atoms with E-state index in [9.17, 15) is 13.6 Å². The van der Waals surface area contributed by atoms with Gasteiger partial charge in [0.15, 0.2) is 11.6 Å². The van der Waals surface area contributed by atoms with Gasteiger partial charge in [-0.25, -0.2) is 13.6 Å². The fraction of sp³-hybridized carbons (Fsp3) is 0.286. The summed E-state index contributed by atoms with van der Waals surface area (Å²) in [6.45, 7) is 4.95. The van der Waals surface area contributed by atoms with E-state index in [0.717, 1.165) is 6.07 Å². The number of carbonyl (C=O) groups excluding carboxylic acids is 1. The lowest BCUT2D eigenvalue weighted by Gasteiger charge is -2.20. The molecule has 0 saturated heterocycles. The van der Waals surface area contributed by atoms with Gasteiger partial charge in [-0.1, -0.05) is 5.16 Å². The van der Waals surface area contributed by atoms with Gasteiger partial charge < -0.3 is 15.0 Å². The summed E-state index contributed by atoms with van der Waals surface area (Å²) in [7, 11) is 0. The van der Waals surface area contributed by atoms with E-state index in [4.69, 9.17) is 10.5 Å². The standard InChI is InChI=1S/C14H15F2N3O3/c1-14(2,3)21-13(20)18-10-5-7(4-8(15)12(10)16)9-6-11(17)22-19-9/h4-6H,17H2,1-3H3,(H,18,20). The fourth-order valence-corrected chi connectivity index (χ4v) is 1.67. The number of nitrogens with one attached hydrogen (secondary N) is 1. The lowest BCUT2D eigenvalue weighted by Crippen LogP contribution is -2.27. The summed E-state index contributed by atoms with van der Waals surface area (Å²) in [6.07, 6.45) is -0.900. The Kier molecular flexibility index (Phi) is 4.03. The topological polar surface area (TPSA) is 90.4 Å². The molecule has 6 nitrogen and oxygen atoms in total. The van der Waals surface area contributed by atoms with Crippen LogP contribution in [0.3, 0.4) is 0 Å². The van der Waals surface area contributed by atoms with Crippen LogP contribution >= 0.6 is 0 Å². The first-order valence-electron chi connectivity index (χ1n) is 6.37. The van der Waals surface area contributed by atoms with Gasteiger partial charge in [0.1, 0.15) is 11.3 Å². The summed E-state index contributed by atoms with van der Waals surface area (Å²) < 4.78 is 37.1. The molecule has 0 radical (unpaired) electrons. The van der Waals surface area contributed by atoms with E-state index in [2.05, 4.69) is 15.0 Å². The third-order valence-electron chi connectivity index (χ3n) is 2.49. The zero-order chi connectivity index (χ0) is 16.5. The molecule has 0 aliphatic rings. The third-order valence-corrected chi connectivity index (χ3v) is 2.49. The van der Waals surface area contributed by atoms with Crippen LogP contribution in [0.25, 0.3) is 11.3 Å². The summed E-state index contributed by atoms with van der Waals surface area (Å²) >= 11 is 0. The van der Waals surface area contributed by atoms with Crippen molar-refractivity contribution in [3.05, 3.63) is 29.8 Å². The number of amides is 1. The summed E-state index contributed by atoms with van der Waals surface area (Å²) in [5.41, 5.74) is 4.66. The lowest BCUT2D eigenvalue weighted by molar-refractivity contribution is 0.0635. The van der Waals surface area contributed by atoms with Gasteiger partial charge in [0.25, 0.3) is 0 Å². The van der Waals surface area contributed by atoms with Gasteiger partial charge in [-0.15, -0.1) is 0 Å². The molecule has 8 heteroatoms. The second kappa shape index (κ2) is 5.63. The van der Waals surface area contributed by atoms with E-state index in [1.165, 1.54) is 12.1 Å². The van der Waals surface area contributed by atoms with Crippen molar-refractivity contribution < 1.29 is 22.8 Å². The van der Waals surface area contributed by atoms with Crippen LogP contribution in [0, 0.1) is 11.6 Å². The number of carbonyl (C=O) groups is 1. The van der Waals surface area contributed by atoms with Crippen molar-refractivity contribution in [1.82, 2.24) is 5.16 Å². The second-order valence-corrected chi connectivity index (χ2v) is 5.56. The van der Waals surface area contributed by atoms with Gasteiger partial charge in [-0.2, -0.15) is 0 Å². The quantitative estimate of drug-likeness (QED) is 0.885. The lowest BCUT2D eigenvalue weighted by atomic mass is 10.1. The molecule has 2 aromatic rings. The van der Waals surface area contributed by atoms with E-state index in [1.54, 1.807) is 20.8 Å². The van der Waals surface area contributed by atoms with E-state index >= 15 is 0 Å². The minimum Gasteiger partial charge on any atom is -0.444 e. The first-order chi connectivity index (χ1) is 10.2. The zero-order valence-electron chi connectivity index (χ0n) is 12.2. The molecule has 2 rings (SSSR count). The number of hydrogen-bond acceptors (Lipinski definition) is 5. The van der Waals surface area contributed by atoms with Gasteiger partial charge in [0.05, 0.1) is 5.69 Å². The molecule has 118 valence electrons. The van der Waals surface area contributed by atoms with E-state index < -0.39 is 23.3 Å². The van der Waals surface area contributed by atoms with Crippen LogP contribution in [0.1, 0.15) is 20.8 Å². The number of nitrogen functional groups attached to an aromatic ring is 1. The van der Waals surface area contributed by atoms with Gasteiger partial charge in [0, 0.05) is 11.6 Å². The number of anilines is 2. The molecule has 0 saturated carbocycles. The maximum absolute atomic E-state index is 13.8. The average Bonchev–Trinajstić information content (AvgIpc) is 2.79. The Labute approximate surface area is 125 Å². The van der Waals surface area contributed by atoms with Crippen LogP contribution in [-0.4, -0.2) is 16.9 Å². The molecule has 0 bridgehead atoms. The van der Waals surface area contributed by atoms with Gasteiger partial charge in [-0.05, 0) is 32.9 Å². The van der Waals surface area contributed by atoms with Crippen molar-refractivity contribution in [3.8, 4) is 11.3 Å². The molecular formula is C14H15F2N3O3. The Morgan fingerprint density at radius 2 is 2.00 bits per heavy atom. The van der Waals surface area contributed by atoms with Crippen LogP contribution in [0.15, 0.2) is 22.7 Å². The van der Waals surface area contributed by atoms with Crippen LogP contribution in [0.5, 0.6) is 0 Å². The largest absolute Gasteiger partial charge is 0.444 e. The third kappa shape index (κ3) is 3.72. The maximum Gasteiger partial charge on any atom is 0.412 e. The van der Waals surface area contributed by atoms with Crippen molar-refractivity contribution in [3.63, 3.8) is 0 Å². The molecular weight excluding hydrogens is 296 g/mol. The van der Waals surface area contributed by atoms with Crippen LogP contribution in [0.2, 0.25) is 0 Å². The predicted octanol–water partition coefficient (Wildman–Crippen LogP) is 3.55. The Hall–Kier alpha value is -2.64. The number of ether oxygens (including phenoxy) is 1. The van der Waals surface area contributed by atoms with Crippen molar-refractivity contribution in [1.29, 1.82) is 0 Å². The monoisotopic (exact) mass is 311 g/mol. The van der Waals surface area contributed by atoms with Gasteiger partial charge in [0.2, 0.25) is 5.88 Å². The molecule has 1 aromatic heterocycles. The Morgan fingerprint density at radius 3 is 2.55 bits per heavy atom. The molecule has 1 amide bonds. The first kappa shape index (κ1) is 15.7. The highest BCUT2D eigenvalue weighted by molar-refractivity contribution is 5.86. The molecule has 0 aliphatic carbocycles. The Morgan fingerprint density at radius 1 is 1.32 bits per heavy atom. The molecule has 0 aliphatic heterocycles. The molecule has 0 atom stereocenters. The molecule has 3 N–H and O–H groups in total. The number of hydrogen-bond donors (Lipinski definition) is 2. The van der Waals surface area contributed by atoms with Gasteiger partial charge >= 0.3 is 6.09 Å². The Bertz CT molecular complexity index is 708. The highest BCUT2D eigenvalue weighted by Gasteiger charge is 2.20. The SMILES string of the molecule is CC(C)(C)OC(=O)Nc1cc(-c2cc(N)on2)cc(F)c1F. The highest BCUT2D eigenvalue weighted by atomic mass is 19.2. The predicted molar refractivity (Wildman–Crippen MR) is 76.1 cm³/mol.